The van der Waals surface area contributed by atoms with Gasteiger partial charge in [-0.1, -0.05) is 43.6 Å². The standard InChI is InChI=1S/C8H7F8NO6S2.C7H7F5O5S.2C7H8F4O5S.C6H8F2O5S.C2H4O3S/c1-3(2)4(18)23-5(6(9,10)11)7(12,13)24(19,20)17-25(21,22)8(14,15)16;1-3(2)4(13)17-5(6(8,9)10)7(11,12)18(14,15)16;1-4(2)5(12)16-3-6(8,9)7(10,11)17(13,14)15;1-2-5(12)16-4-3-6(8,9)7(10,11)17(13,14)15;1-4(2)5(9)13-3-6(7,8)14(10,11)12;1-2-6(3,4)5/h5,17H,1H2,2H3;5H,1H2,2H3,(H,14,15,16);1,3H2,2H3,(H,13,14,15);2H,1,3-4H2,(H,13,14,15);1,3H2,2H3,(H,10,11,12);2H,1H2,(H,3,4,5). The zero-order valence-corrected chi connectivity index (χ0v) is 52.7. The maximum absolute atomic E-state index is 13.6. The number of sulfonamides is 2. The first-order chi connectivity index (χ1) is 41.8. The second-order valence-electron chi connectivity index (χ2n) is 16.4. The van der Waals surface area contributed by atoms with Gasteiger partial charge in [-0.05, 0) is 27.7 Å². The number of halogens is 23. The molecular formula is C37H42F23NO29S7. The molecule has 0 rings (SSSR count). The van der Waals surface area contributed by atoms with Crippen LogP contribution in [0.15, 0.2) is 73.3 Å². The number of esters is 5. The highest BCUT2D eigenvalue weighted by Gasteiger charge is 2.70. The van der Waals surface area contributed by atoms with Crippen molar-refractivity contribution in [3.05, 3.63) is 73.3 Å². The van der Waals surface area contributed by atoms with E-state index < -0.39 is 210 Å². The third-order valence-electron chi connectivity index (χ3n) is 7.95. The highest BCUT2D eigenvalue weighted by Crippen LogP contribution is 2.43. The lowest BCUT2D eigenvalue weighted by atomic mass is 10.2. The maximum Gasteiger partial charge on any atom is 0.512 e. The average Bonchev–Trinajstić information content (AvgIpc) is 0.772. The molecule has 0 aromatic carbocycles. The number of rotatable bonds is 26. The van der Waals surface area contributed by atoms with E-state index in [-0.39, 0.29) is 11.1 Å². The molecule has 6 N–H and O–H groups in total. The van der Waals surface area contributed by atoms with Crippen LogP contribution in [0.25, 0.3) is 0 Å². The van der Waals surface area contributed by atoms with E-state index in [2.05, 4.69) is 63.2 Å². The summed E-state index contributed by atoms with van der Waals surface area (Å²) in [7, 11) is -42.6. The molecule has 0 aliphatic rings. The molecule has 0 spiro atoms. The van der Waals surface area contributed by atoms with Crippen molar-refractivity contribution < 1.29 is 230 Å². The van der Waals surface area contributed by atoms with Gasteiger partial charge in [-0.3, -0.25) is 22.8 Å². The highest BCUT2D eigenvalue weighted by atomic mass is 32.3. The Morgan fingerprint density at radius 1 is 0.423 bits per heavy atom. The van der Waals surface area contributed by atoms with Crippen molar-refractivity contribution in [1.29, 1.82) is 0 Å². The smallest absolute Gasteiger partial charge is 0.462 e. The van der Waals surface area contributed by atoms with Crippen LogP contribution in [0.3, 0.4) is 0 Å². The lowest BCUT2D eigenvalue weighted by molar-refractivity contribution is -0.257. The summed E-state index contributed by atoms with van der Waals surface area (Å²) in [6.45, 7) is 16.1. The second-order valence-corrected chi connectivity index (χ2v) is 27.4. The first kappa shape index (κ1) is 102. The summed E-state index contributed by atoms with van der Waals surface area (Å²) in [5.41, 5.74) is -8.47. The van der Waals surface area contributed by atoms with Crippen molar-refractivity contribution in [3.8, 4) is 0 Å². The fourth-order valence-corrected chi connectivity index (χ4v) is 7.18. The number of carbonyl (C=O) groups is 5. The molecule has 0 aromatic heterocycles. The lowest BCUT2D eigenvalue weighted by Crippen LogP contribution is -2.57. The van der Waals surface area contributed by atoms with Gasteiger partial charge in [0.25, 0.3) is 32.3 Å². The summed E-state index contributed by atoms with van der Waals surface area (Å²) in [6, 6.07) is 0. The third-order valence-corrected chi connectivity index (χ3v) is 15.3. The van der Waals surface area contributed by atoms with E-state index in [1.807, 2.05) is 0 Å². The number of alkyl halides is 23. The third kappa shape index (κ3) is 33.3. The van der Waals surface area contributed by atoms with Gasteiger partial charge in [-0.25, -0.2) is 40.8 Å². The van der Waals surface area contributed by atoms with Crippen LogP contribution in [-0.4, -0.2) is 200 Å². The molecule has 0 heterocycles. The van der Waals surface area contributed by atoms with Crippen molar-refractivity contribution in [3.63, 3.8) is 0 Å². The summed E-state index contributed by atoms with van der Waals surface area (Å²) >= 11 is 0. The van der Waals surface area contributed by atoms with Gasteiger partial charge in [0.1, 0.15) is 0 Å². The average molecular weight is 1630 g/mol. The molecule has 0 amide bonds. The number of ether oxygens (including phenoxy) is 5. The van der Waals surface area contributed by atoms with E-state index in [4.69, 9.17) is 22.8 Å². The van der Waals surface area contributed by atoms with Crippen molar-refractivity contribution in [2.24, 2.45) is 0 Å². The Balaban J connectivity index is -0.000000264. The zero-order valence-electron chi connectivity index (χ0n) is 47.0. The van der Waals surface area contributed by atoms with E-state index >= 15 is 0 Å². The first-order valence-corrected chi connectivity index (χ1v) is 31.8. The van der Waals surface area contributed by atoms with Gasteiger partial charge in [-0.15, -0.1) is 0 Å². The summed E-state index contributed by atoms with van der Waals surface area (Å²) in [5.74, 6) is -18.0. The van der Waals surface area contributed by atoms with Crippen LogP contribution in [0.4, 0.5) is 101 Å². The lowest BCUT2D eigenvalue weighted by Gasteiger charge is -2.28. The van der Waals surface area contributed by atoms with E-state index in [9.17, 15) is 184 Å². The van der Waals surface area contributed by atoms with Crippen LogP contribution >= 0.6 is 0 Å². The Morgan fingerprint density at radius 2 is 0.711 bits per heavy atom. The summed E-state index contributed by atoms with van der Waals surface area (Å²) in [6.07, 6.45) is -22.5. The van der Waals surface area contributed by atoms with Crippen LogP contribution in [0.1, 0.15) is 34.1 Å². The Hall–Kier alpha value is -6.41. The molecule has 0 bridgehead atoms. The predicted molar refractivity (Wildman–Crippen MR) is 268 cm³/mol. The molecule has 0 aliphatic heterocycles. The maximum atomic E-state index is 13.6. The van der Waals surface area contributed by atoms with Gasteiger partial charge in [0.2, 0.25) is 0 Å². The molecule has 0 radical (unpaired) electrons. The number of hydrogen-bond acceptors (Lipinski definition) is 24. The minimum Gasteiger partial charge on any atom is -0.462 e. The van der Waals surface area contributed by atoms with E-state index in [0.29, 0.717) is 18.4 Å². The molecule has 0 aliphatic carbocycles. The Morgan fingerprint density at radius 3 is 0.948 bits per heavy atom. The van der Waals surface area contributed by atoms with Crippen LogP contribution in [0.2, 0.25) is 0 Å². The fourth-order valence-electron chi connectivity index (χ4n) is 3.16. The molecule has 0 saturated carbocycles. The Labute approximate surface area is 528 Å². The summed E-state index contributed by atoms with van der Waals surface area (Å²) in [4.78, 5) is 53.3. The van der Waals surface area contributed by atoms with Gasteiger partial charge in [0.05, 0.1) is 18.4 Å². The normalized spacial score (nSPS) is 13.9. The van der Waals surface area contributed by atoms with Gasteiger partial charge >= 0.3 is 136 Å². The van der Waals surface area contributed by atoms with Gasteiger partial charge in [-0.2, -0.15) is 143 Å². The molecule has 2 unspecified atom stereocenters. The summed E-state index contributed by atoms with van der Waals surface area (Å²) in [5, 5.41) is -27.5. The van der Waals surface area contributed by atoms with Crippen molar-refractivity contribution >= 4 is 100 Å². The quantitative estimate of drug-likeness (QED) is 0.0191. The largest absolute Gasteiger partial charge is 0.512 e. The number of hydrogen-bond donors (Lipinski definition) is 6. The number of nitrogens with one attached hydrogen (secondary N) is 1. The molecule has 97 heavy (non-hydrogen) atoms. The molecule has 0 saturated heterocycles. The molecule has 30 nitrogen and oxygen atoms in total. The van der Waals surface area contributed by atoms with E-state index in [1.165, 1.54) is 6.92 Å². The molecule has 2 atom stereocenters. The van der Waals surface area contributed by atoms with Crippen LogP contribution < -0.4 is 4.13 Å². The fraction of sp³-hybridized carbons (Fsp3) is 0.541. The number of carbonyl (C=O) groups excluding carboxylic acids is 5. The van der Waals surface area contributed by atoms with Crippen molar-refractivity contribution in [2.75, 3.05) is 19.8 Å². The zero-order chi connectivity index (χ0) is 80.3. The Kier molecular flexibility index (Phi) is 37.3. The van der Waals surface area contributed by atoms with Gasteiger partial charge in [0, 0.05) is 28.4 Å². The van der Waals surface area contributed by atoms with Gasteiger partial charge < -0.3 is 23.7 Å². The molecular weight excluding hydrogens is 1580 g/mol. The SMILES string of the molecule is C=C(C)C(=O)OC(C(F)(F)F)C(F)(F)S(=O)(=O)NS(=O)(=O)C(F)(F)F.C=C(C)C(=O)OC(C(F)(F)F)C(F)(F)S(=O)(=O)O.C=C(C)C(=O)OCC(F)(F)C(F)(F)S(=O)(=O)O.C=C(C)C(=O)OCC(F)(F)S(=O)(=O)O.C=CC(=O)OCCC(F)(F)C(F)(F)S(=O)(=O)O.C=CS(=O)(=O)O. The van der Waals surface area contributed by atoms with E-state index in [0.717, 1.165) is 13.8 Å². The minimum absolute atomic E-state index is 0.156. The topological polar surface area (TPSA) is 484 Å². The molecule has 572 valence electrons. The van der Waals surface area contributed by atoms with Crippen LogP contribution in [0.5, 0.6) is 0 Å². The van der Waals surface area contributed by atoms with Crippen LogP contribution in [0, 0.1) is 0 Å². The minimum atomic E-state index is -7.17. The summed E-state index contributed by atoms with van der Waals surface area (Å²) < 4.78 is 489. The highest BCUT2D eigenvalue weighted by molar-refractivity contribution is 8.05. The second kappa shape index (κ2) is 35.6. The monoisotopic (exact) mass is 1620 g/mol. The molecule has 0 aromatic rings. The molecule has 60 heteroatoms. The first-order valence-electron chi connectivity index (χ1n) is 21.6. The predicted octanol–water partition coefficient (Wildman–Crippen LogP) is 5.96. The van der Waals surface area contributed by atoms with Gasteiger partial charge in [0.15, 0.2) is 13.2 Å². The van der Waals surface area contributed by atoms with Crippen molar-refractivity contribution in [2.45, 2.75) is 102 Å². The Bertz CT molecular complexity index is 3700. The van der Waals surface area contributed by atoms with E-state index in [1.54, 1.807) is 0 Å². The molecule has 0 fully saturated rings. The van der Waals surface area contributed by atoms with Crippen molar-refractivity contribution in [1.82, 2.24) is 4.13 Å². The van der Waals surface area contributed by atoms with Crippen LogP contribution in [-0.2, 0) is 118 Å².